The van der Waals surface area contributed by atoms with E-state index in [1.807, 2.05) is 6.92 Å². The maximum Gasteiger partial charge on any atom is 0.0746 e. The zero-order chi connectivity index (χ0) is 11.8. The van der Waals surface area contributed by atoms with Crippen LogP contribution in [0.15, 0.2) is 0 Å². The van der Waals surface area contributed by atoms with Crippen LogP contribution in [0.4, 0.5) is 0 Å². The Bertz CT molecular complexity index is 217. The van der Waals surface area contributed by atoms with Crippen molar-refractivity contribution in [3.63, 3.8) is 0 Å². The molecule has 0 radical (unpaired) electrons. The molecule has 0 aromatic heterocycles. The van der Waals surface area contributed by atoms with Crippen LogP contribution in [0.1, 0.15) is 52.9 Å². The summed E-state index contributed by atoms with van der Waals surface area (Å²) in [6.07, 6.45) is 6.50. The highest BCUT2D eigenvalue weighted by Crippen LogP contribution is 2.44. The van der Waals surface area contributed by atoms with Crippen LogP contribution in [0.3, 0.4) is 0 Å². The molecule has 0 saturated heterocycles. The van der Waals surface area contributed by atoms with Crippen molar-refractivity contribution in [1.82, 2.24) is 5.32 Å². The second-order valence-corrected chi connectivity index (χ2v) is 6.68. The van der Waals surface area contributed by atoms with E-state index in [4.69, 9.17) is 0 Å². The summed E-state index contributed by atoms with van der Waals surface area (Å²) in [5, 5.41) is 13.9. The molecule has 2 heteroatoms. The van der Waals surface area contributed by atoms with Crippen LogP contribution >= 0.6 is 0 Å². The van der Waals surface area contributed by atoms with Crippen molar-refractivity contribution in [3.05, 3.63) is 0 Å². The zero-order valence-electron chi connectivity index (χ0n) is 11.0. The first-order valence-corrected chi connectivity index (χ1v) is 6.94. The molecule has 2 saturated carbocycles. The first-order valence-electron chi connectivity index (χ1n) is 6.94. The first-order chi connectivity index (χ1) is 7.48. The van der Waals surface area contributed by atoms with Crippen LogP contribution < -0.4 is 5.32 Å². The van der Waals surface area contributed by atoms with Gasteiger partial charge in [-0.3, -0.25) is 0 Å². The van der Waals surface area contributed by atoms with Crippen LogP contribution in [0.25, 0.3) is 0 Å². The smallest absolute Gasteiger partial charge is 0.0746 e. The van der Waals surface area contributed by atoms with Gasteiger partial charge in [-0.05, 0) is 56.8 Å². The minimum Gasteiger partial charge on any atom is -0.389 e. The van der Waals surface area contributed by atoms with Crippen LogP contribution in [0.5, 0.6) is 0 Å². The standard InChI is InChI=1S/C14H27NO/c1-10(2)8-14(3,16)9-15-13(11-4-5-11)12-6-7-12/h10-13,15-16H,4-9H2,1-3H3. The normalized spacial score (nSPS) is 25.1. The molecule has 0 spiro atoms. The predicted molar refractivity (Wildman–Crippen MR) is 67.3 cm³/mol. The van der Waals surface area contributed by atoms with Crippen molar-refractivity contribution in [2.75, 3.05) is 6.54 Å². The Hall–Kier alpha value is -0.0800. The van der Waals surface area contributed by atoms with E-state index in [0.29, 0.717) is 12.0 Å². The number of nitrogens with one attached hydrogen (secondary N) is 1. The Kier molecular flexibility index (Phi) is 3.60. The van der Waals surface area contributed by atoms with E-state index < -0.39 is 5.60 Å². The topological polar surface area (TPSA) is 32.3 Å². The van der Waals surface area contributed by atoms with Crippen LogP contribution in [-0.4, -0.2) is 23.3 Å². The van der Waals surface area contributed by atoms with E-state index in [1.54, 1.807) is 0 Å². The molecule has 0 aliphatic heterocycles. The minimum atomic E-state index is -0.532. The molecule has 2 nitrogen and oxygen atoms in total. The molecule has 2 rings (SSSR count). The van der Waals surface area contributed by atoms with E-state index in [-0.39, 0.29) is 0 Å². The summed E-state index contributed by atoms with van der Waals surface area (Å²) < 4.78 is 0. The average Bonchev–Trinajstić information content (AvgIpc) is 2.97. The fourth-order valence-corrected chi connectivity index (χ4v) is 2.92. The molecule has 2 aliphatic rings. The molecule has 16 heavy (non-hydrogen) atoms. The van der Waals surface area contributed by atoms with Gasteiger partial charge in [0.05, 0.1) is 5.60 Å². The predicted octanol–water partition coefficient (Wildman–Crippen LogP) is 2.56. The third-order valence-corrected chi connectivity index (χ3v) is 3.83. The Labute approximate surface area is 99.8 Å². The molecule has 2 fully saturated rings. The van der Waals surface area contributed by atoms with Gasteiger partial charge in [-0.1, -0.05) is 13.8 Å². The fourth-order valence-electron chi connectivity index (χ4n) is 2.92. The van der Waals surface area contributed by atoms with Gasteiger partial charge in [0.15, 0.2) is 0 Å². The lowest BCUT2D eigenvalue weighted by molar-refractivity contribution is 0.0344. The third-order valence-electron chi connectivity index (χ3n) is 3.83. The second kappa shape index (κ2) is 4.66. The van der Waals surface area contributed by atoms with Crippen molar-refractivity contribution in [1.29, 1.82) is 0 Å². The summed E-state index contributed by atoms with van der Waals surface area (Å²) in [6, 6.07) is 0.707. The fraction of sp³-hybridized carbons (Fsp3) is 1.00. The Morgan fingerprint density at radius 2 is 1.69 bits per heavy atom. The maximum atomic E-state index is 10.3. The molecule has 1 atom stereocenters. The van der Waals surface area contributed by atoms with Gasteiger partial charge in [-0.2, -0.15) is 0 Å². The van der Waals surface area contributed by atoms with E-state index in [0.717, 1.165) is 24.8 Å². The van der Waals surface area contributed by atoms with Gasteiger partial charge in [0.1, 0.15) is 0 Å². The summed E-state index contributed by atoms with van der Waals surface area (Å²) in [4.78, 5) is 0. The van der Waals surface area contributed by atoms with Gasteiger partial charge in [-0.15, -0.1) is 0 Å². The van der Waals surface area contributed by atoms with Crippen LogP contribution in [0, 0.1) is 17.8 Å². The van der Waals surface area contributed by atoms with Crippen LogP contribution in [0.2, 0.25) is 0 Å². The van der Waals surface area contributed by atoms with E-state index in [2.05, 4.69) is 19.2 Å². The molecular weight excluding hydrogens is 198 g/mol. The lowest BCUT2D eigenvalue weighted by atomic mass is 9.93. The van der Waals surface area contributed by atoms with Crippen molar-refractivity contribution >= 4 is 0 Å². The SMILES string of the molecule is CC(C)CC(C)(O)CNC(C1CC1)C1CC1. The van der Waals surface area contributed by atoms with Gasteiger partial charge < -0.3 is 10.4 Å². The summed E-state index contributed by atoms with van der Waals surface area (Å²) in [7, 11) is 0. The maximum absolute atomic E-state index is 10.3. The average molecular weight is 225 g/mol. The molecule has 2 aliphatic carbocycles. The lowest BCUT2D eigenvalue weighted by Gasteiger charge is -2.29. The Morgan fingerprint density at radius 3 is 2.06 bits per heavy atom. The molecule has 0 heterocycles. The Morgan fingerprint density at radius 1 is 1.19 bits per heavy atom. The highest BCUT2D eigenvalue weighted by molar-refractivity contribution is 4.97. The lowest BCUT2D eigenvalue weighted by Crippen LogP contribution is -2.45. The van der Waals surface area contributed by atoms with Crippen LogP contribution in [-0.2, 0) is 0 Å². The van der Waals surface area contributed by atoms with Gasteiger partial charge >= 0.3 is 0 Å². The monoisotopic (exact) mass is 225 g/mol. The summed E-state index contributed by atoms with van der Waals surface area (Å²) >= 11 is 0. The van der Waals surface area contributed by atoms with E-state index in [1.165, 1.54) is 25.7 Å². The Balaban J connectivity index is 1.75. The highest BCUT2D eigenvalue weighted by Gasteiger charge is 2.41. The van der Waals surface area contributed by atoms with E-state index in [9.17, 15) is 5.11 Å². The number of hydrogen-bond acceptors (Lipinski definition) is 2. The largest absolute Gasteiger partial charge is 0.389 e. The molecule has 0 aromatic carbocycles. The molecule has 1 unspecified atom stereocenters. The zero-order valence-corrected chi connectivity index (χ0v) is 11.0. The van der Waals surface area contributed by atoms with Crippen molar-refractivity contribution in [3.8, 4) is 0 Å². The molecular formula is C14H27NO. The molecule has 0 aromatic rings. The summed E-state index contributed by atoms with van der Waals surface area (Å²) in [6.45, 7) is 7.08. The third kappa shape index (κ3) is 3.74. The minimum absolute atomic E-state index is 0.532. The quantitative estimate of drug-likeness (QED) is 0.698. The van der Waals surface area contributed by atoms with Gasteiger partial charge in [0.2, 0.25) is 0 Å². The van der Waals surface area contributed by atoms with Gasteiger partial charge in [0.25, 0.3) is 0 Å². The van der Waals surface area contributed by atoms with Crippen molar-refractivity contribution in [2.24, 2.45) is 17.8 Å². The van der Waals surface area contributed by atoms with Crippen molar-refractivity contribution in [2.45, 2.75) is 64.5 Å². The number of rotatable bonds is 7. The molecule has 0 amide bonds. The van der Waals surface area contributed by atoms with Gasteiger partial charge in [0, 0.05) is 12.6 Å². The summed E-state index contributed by atoms with van der Waals surface area (Å²) in [5.74, 6) is 2.40. The molecule has 2 N–H and O–H groups in total. The summed E-state index contributed by atoms with van der Waals surface area (Å²) in [5.41, 5.74) is -0.532. The van der Waals surface area contributed by atoms with E-state index >= 15 is 0 Å². The first kappa shape index (κ1) is 12.4. The van der Waals surface area contributed by atoms with Crippen molar-refractivity contribution < 1.29 is 5.11 Å². The van der Waals surface area contributed by atoms with Gasteiger partial charge in [-0.25, -0.2) is 0 Å². The second-order valence-electron chi connectivity index (χ2n) is 6.68. The number of aliphatic hydroxyl groups is 1. The molecule has 94 valence electrons. The highest BCUT2D eigenvalue weighted by atomic mass is 16.3. The number of hydrogen-bond donors (Lipinski definition) is 2. The molecule has 0 bridgehead atoms.